The maximum atomic E-state index is 14.5. The number of likely N-dealkylation sites (tertiary alicyclic amines) is 1. The van der Waals surface area contributed by atoms with E-state index in [4.69, 9.17) is 4.74 Å². The topological polar surface area (TPSA) is 90.4 Å². The molecule has 8 heteroatoms. The molecule has 0 saturated carbocycles. The molecule has 4 rings (SSSR count). The number of aliphatic hydroxyl groups is 1. The van der Waals surface area contributed by atoms with Crippen LogP contribution in [0.25, 0.3) is 0 Å². The van der Waals surface area contributed by atoms with Gasteiger partial charge < -0.3 is 24.5 Å². The highest BCUT2D eigenvalue weighted by atomic mass is 16.5. The van der Waals surface area contributed by atoms with E-state index in [9.17, 15) is 19.5 Å². The number of fused-ring (bicyclic) bond motifs is 2. The fourth-order valence-corrected chi connectivity index (χ4v) is 7.39. The van der Waals surface area contributed by atoms with Crippen LogP contribution in [0.4, 0.5) is 0 Å². The Morgan fingerprint density at radius 3 is 2.27 bits per heavy atom. The van der Waals surface area contributed by atoms with E-state index in [1.54, 1.807) is 16.8 Å². The SMILES string of the molecule is CN1CC=C[C@]2(C)O[C@]34C=CCN(C(C)(C)CC(C)(C)C)C(=O)C3N(CCCCCO)C(=O)[C@@H]4[C@@H]2C1=O. The first-order valence-electron chi connectivity index (χ1n) is 13.7. The predicted octanol–water partition coefficient (Wildman–Crippen LogP) is 2.76. The molecule has 8 nitrogen and oxygen atoms in total. The Labute approximate surface area is 221 Å². The van der Waals surface area contributed by atoms with Gasteiger partial charge in [-0.2, -0.15) is 0 Å². The second-order valence-corrected chi connectivity index (χ2v) is 13.3. The van der Waals surface area contributed by atoms with Crippen molar-refractivity contribution in [2.75, 3.05) is 33.3 Å². The predicted molar refractivity (Wildman–Crippen MR) is 141 cm³/mol. The van der Waals surface area contributed by atoms with Crippen molar-refractivity contribution in [2.24, 2.45) is 17.3 Å². The summed E-state index contributed by atoms with van der Waals surface area (Å²) in [4.78, 5) is 47.6. The van der Waals surface area contributed by atoms with Gasteiger partial charge in [-0.1, -0.05) is 45.1 Å². The number of amides is 3. The largest absolute Gasteiger partial charge is 0.396 e. The molecule has 5 atom stereocenters. The van der Waals surface area contributed by atoms with E-state index in [1.807, 2.05) is 36.1 Å². The zero-order chi connectivity index (χ0) is 27.4. The Morgan fingerprint density at radius 1 is 0.946 bits per heavy atom. The third kappa shape index (κ3) is 4.65. The number of hydrogen-bond donors (Lipinski definition) is 1. The molecule has 0 aromatic rings. The summed E-state index contributed by atoms with van der Waals surface area (Å²) in [6.45, 7) is 13.9. The van der Waals surface area contributed by atoms with Crippen LogP contribution in [-0.2, 0) is 19.1 Å². The van der Waals surface area contributed by atoms with Gasteiger partial charge in [-0.15, -0.1) is 0 Å². The van der Waals surface area contributed by atoms with Crippen molar-refractivity contribution >= 4 is 17.7 Å². The van der Waals surface area contributed by atoms with Crippen LogP contribution in [0.5, 0.6) is 0 Å². The fraction of sp³-hybridized carbons (Fsp3) is 0.759. The lowest BCUT2D eigenvalue weighted by atomic mass is 9.74. The number of unbranched alkanes of at least 4 members (excludes halogenated alkanes) is 2. The van der Waals surface area contributed by atoms with Crippen molar-refractivity contribution in [3.8, 4) is 0 Å². The van der Waals surface area contributed by atoms with Gasteiger partial charge in [0.05, 0.1) is 17.4 Å². The minimum Gasteiger partial charge on any atom is -0.396 e. The second-order valence-electron chi connectivity index (χ2n) is 13.3. The summed E-state index contributed by atoms with van der Waals surface area (Å²) in [5.41, 5.74) is -2.64. The maximum Gasteiger partial charge on any atom is 0.249 e. The van der Waals surface area contributed by atoms with Gasteiger partial charge in [0.25, 0.3) is 0 Å². The number of rotatable bonds is 7. The molecule has 0 aromatic heterocycles. The van der Waals surface area contributed by atoms with Gasteiger partial charge in [-0.25, -0.2) is 0 Å². The molecule has 4 aliphatic heterocycles. The Bertz CT molecular complexity index is 998. The van der Waals surface area contributed by atoms with Gasteiger partial charge >= 0.3 is 0 Å². The summed E-state index contributed by atoms with van der Waals surface area (Å²) in [5, 5.41) is 9.24. The van der Waals surface area contributed by atoms with Crippen molar-refractivity contribution in [3.63, 3.8) is 0 Å². The van der Waals surface area contributed by atoms with E-state index >= 15 is 0 Å². The highest BCUT2D eigenvalue weighted by Crippen LogP contribution is 2.57. The lowest BCUT2D eigenvalue weighted by Crippen LogP contribution is -2.60. The molecule has 0 bridgehead atoms. The molecule has 2 fully saturated rings. The molecule has 1 spiro atoms. The van der Waals surface area contributed by atoms with E-state index in [1.165, 1.54) is 0 Å². The van der Waals surface area contributed by atoms with E-state index in [0.29, 0.717) is 32.5 Å². The van der Waals surface area contributed by atoms with Gasteiger partial charge in [0.2, 0.25) is 17.7 Å². The summed E-state index contributed by atoms with van der Waals surface area (Å²) in [7, 11) is 1.75. The normalized spacial score (nSPS) is 34.0. The average Bonchev–Trinajstić information content (AvgIpc) is 3.04. The van der Waals surface area contributed by atoms with Gasteiger partial charge in [-0.3, -0.25) is 14.4 Å². The molecule has 4 heterocycles. The molecule has 2 saturated heterocycles. The van der Waals surface area contributed by atoms with Gasteiger partial charge in [-0.05, 0) is 51.9 Å². The number of aliphatic hydroxyl groups excluding tert-OH is 1. The standard InChI is InChI=1S/C29H45N3O5/c1-26(2,3)19-27(4,5)32-17-12-14-29-21(20-23(34)30(7)15-11-13-28(20,6)37-29)24(35)31(22(29)25(32)36)16-9-8-10-18-33/h11-14,20-22,33H,8-10,15-19H2,1-7H3/t20-,21+,22?,28+,29+/m1/s1. The van der Waals surface area contributed by atoms with Crippen molar-refractivity contribution in [3.05, 3.63) is 24.3 Å². The Balaban J connectivity index is 1.80. The Hall–Kier alpha value is -2.19. The first-order chi connectivity index (χ1) is 17.2. The molecule has 1 unspecified atom stereocenters. The third-order valence-corrected chi connectivity index (χ3v) is 8.51. The summed E-state index contributed by atoms with van der Waals surface area (Å²) in [6.07, 6.45) is 10.6. The Kier molecular flexibility index (Phi) is 7.17. The highest BCUT2D eigenvalue weighted by molar-refractivity contribution is 6.00. The molecule has 1 N–H and O–H groups in total. The average molecular weight is 516 g/mol. The van der Waals surface area contributed by atoms with Crippen LogP contribution in [0.1, 0.15) is 67.2 Å². The van der Waals surface area contributed by atoms with E-state index in [2.05, 4.69) is 34.6 Å². The third-order valence-electron chi connectivity index (χ3n) is 8.51. The zero-order valence-electron chi connectivity index (χ0n) is 23.6. The molecule has 37 heavy (non-hydrogen) atoms. The van der Waals surface area contributed by atoms with Crippen LogP contribution in [0.3, 0.4) is 0 Å². The number of likely N-dealkylation sites (N-methyl/N-ethyl adjacent to an activating group) is 1. The van der Waals surface area contributed by atoms with Gasteiger partial charge in [0, 0.05) is 38.8 Å². The van der Waals surface area contributed by atoms with Crippen molar-refractivity contribution in [1.29, 1.82) is 0 Å². The van der Waals surface area contributed by atoms with Crippen LogP contribution in [0, 0.1) is 17.3 Å². The number of ether oxygens (including phenoxy) is 1. The number of carbonyl (C=O) groups is 3. The molecule has 206 valence electrons. The minimum absolute atomic E-state index is 0.00181. The van der Waals surface area contributed by atoms with Crippen LogP contribution in [-0.4, -0.2) is 93.6 Å². The number of nitrogens with zero attached hydrogens (tertiary/aromatic N) is 3. The van der Waals surface area contributed by atoms with E-state index in [-0.39, 0.29) is 29.7 Å². The molecular weight excluding hydrogens is 470 g/mol. The maximum absolute atomic E-state index is 14.5. The summed E-state index contributed by atoms with van der Waals surface area (Å²) in [5.74, 6) is -1.92. The van der Waals surface area contributed by atoms with Crippen LogP contribution in [0.15, 0.2) is 24.3 Å². The van der Waals surface area contributed by atoms with E-state index in [0.717, 1.165) is 12.8 Å². The molecular formula is C29H45N3O5. The molecule has 4 aliphatic rings. The van der Waals surface area contributed by atoms with Crippen molar-refractivity contribution in [1.82, 2.24) is 14.7 Å². The molecule has 0 aliphatic carbocycles. The van der Waals surface area contributed by atoms with Gasteiger partial charge in [0.1, 0.15) is 11.6 Å². The highest BCUT2D eigenvalue weighted by Gasteiger charge is 2.74. The van der Waals surface area contributed by atoms with Crippen LogP contribution >= 0.6 is 0 Å². The fourth-order valence-electron chi connectivity index (χ4n) is 7.39. The zero-order valence-corrected chi connectivity index (χ0v) is 23.6. The summed E-state index contributed by atoms with van der Waals surface area (Å²) >= 11 is 0. The lowest BCUT2D eigenvalue weighted by Gasteiger charge is -2.44. The second kappa shape index (κ2) is 9.53. The summed E-state index contributed by atoms with van der Waals surface area (Å²) in [6, 6.07) is -0.840. The number of hydrogen-bond acceptors (Lipinski definition) is 5. The summed E-state index contributed by atoms with van der Waals surface area (Å²) < 4.78 is 6.84. The molecule has 0 aromatic carbocycles. The number of carbonyl (C=O) groups excluding carboxylic acids is 3. The molecule has 0 radical (unpaired) electrons. The quantitative estimate of drug-likeness (QED) is 0.416. The Morgan fingerprint density at radius 2 is 1.62 bits per heavy atom. The lowest BCUT2D eigenvalue weighted by molar-refractivity contribution is -0.156. The minimum atomic E-state index is -1.21. The van der Waals surface area contributed by atoms with Gasteiger partial charge in [0.15, 0.2) is 0 Å². The van der Waals surface area contributed by atoms with Crippen LogP contribution < -0.4 is 0 Å². The monoisotopic (exact) mass is 515 g/mol. The molecule has 3 amide bonds. The van der Waals surface area contributed by atoms with Crippen LogP contribution in [0.2, 0.25) is 0 Å². The first kappa shape index (κ1) is 27.8. The smallest absolute Gasteiger partial charge is 0.249 e. The first-order valence-corrected chi connectivity index (χ1v) is 13.7. The van der Waals surface area contributed by atoms with Crippen molar-refractivity contribution in [2.45, 2.75) is 90.0 Å². The van der Waals surface area contributed by atoms with Crippen molar-refractivity contribution < 1.29 is 24.2 Å². The van der Waals surface area contributed by atoms with E-state index < -0.39 is 34.6 Å².